The number of rotatable bonds is 1. The fourth-order valence-corrected chi connectivity index (χ4v) is 1.41. The van der Waals surface area contributed by atoms with Gasteiger partial charge >= 0.3 is 5.97 Å². The average molecular weight is 193 g/mol. The Morgan fingerprint density at radius 2 is 2.07 bits per heavy atom. The predicted octanol–water partition coefficient (Wildman–Crippen LogP) is 0.238. The smallest absolute Gasteiger partial charge is 0.321 e. The molecule has 0 aromatic carbocycles. The number of cyclic esters (lactones) is 1. The zero-order chi connectivity index (χ0) is 10.1. The molecule has 5 nitrogen and oxygen atoms in total. The minimum atomic E-state index is -0.485. The summed E-state index contributed by atoms with van der Waals surface area (Å²) in [7, 11) is 0. The maximum absolute atomic E-state index is 10.9. The van der Waals surface area contributed by atoms with Gasteiger partial charge in [0.2, 0.25) is 6.23 Å². The molecule has 1 aliphatic heterocycles. The Morgan fingerprint density at radius 3 is 2.57 bits per heavy atom. The van der Waals surface area contributed by atoms with Crippen molar-refractivity contribution in [1.29, 1.82) is 0 Å². The summed E-state index contributed by atoms with van der Waals surface area (Å²) in [6.45, 7) is 3.99. The van der Waals surface area contributed by atoms with Crippen molar-refractivity contribution in [2.45, 2.75) is 20.1 Å². The van der Waals surface area contributed by atoms with Crippen LogP contribution >= 0.6 is 0 Å². The molecule has 0 saturated carbocycles. The number of aromatic nitrogens is 2. The van der Waals surface area contributed by atoms with Crippen LogP contribution < -0.4 is 5.32 Å². The molecular weight excluding hydrogens is 182 g/mol. The van der Waals surface area contributed by atoms with Crippen LogP contribution in [0.5, 0.6) is 0 Å². The van der Waals surface area contributed by atoms with E-state index in [1.807, 2.05) is 19.9 Å². The lowest BCUT2D eigenvalue weighted by Gasteiger charge is -2.08. The number of esters is 1. The quantitative estimate of drug-likeness (QED) is 0.647. The molecule has 1 saturated heterocycles. The van der Waals surface area contributed by atoms with E-state index in [4.69, 9.17) is 4.74 Å². The molecule has 0 amide bonds. The summed E-state index contributed by atoms with van der Waals surface area (Å²) in [6.07, 6.45) is -0.485. The third-order valence-electron chi connectivity index (χ3n) is 1.92. The van der Waals surface area contributed by atoms with E-state index in [9.17, 15) is 4.79 Å². The van der Waals surface area contributed by atoms with Crippen LogP contribution in [0.4, 0.5) is 0 Å². The normalized spacial score (nSPS) is 21.0. The standard InChI is InChI=1S/C9H11N3O2/c1-5-3-6(2)12-8(11-5)9-10-4-7(13)14-9/h3,9-10H,4H2,1-2H3. The highest BCUT2D eigenvalue weighted by Gasteiger charge is 2.26. The molecule has 1 unspecified atom stereocenters. The highest BCUT2D eigenvalue weighted by Crippen LogP contribution is 2.15. The molecule has 1 atom stereocenters. The second-order valence-electron chi connectivity index (χ2n) is 3.26. The minimum absolute atomic E-state index is 0.223. The van der Waals surface area contributed by atoms with E-state index in [-0.39, 0.29) is 12.5 Å². The third kappa shape index (κ3) is 1.72. The van der Waals surface area contributed by atoms with Crippen LogP contribution in [0.1, 0.15) is 23.4 Å². The van der Waals surface area contributed by atoms with Gasteiger partial charge in [0.15, 0.2) is 5.82 Å². The van der Waals surface area contributed by atoms with Crippen LogP contribution in [0.3, 0.4) is 0 Å². The summed E-state index contributed by atoms with van der Waals surface area (Å²) >= 11 is 0. The lowest BCUT2D eigenvalue weighted by Crippen LogP contribution is -2.17. The monoisotopic (exact) mass is 193 g/mol. The highest BCUT2D eigenvalue weighted by molar-refractivity contribution is 5.73. The molecule has 14 heavy (non-hydrogen) atoms. The fraction of sp³-hybridized carbons (Fsp3) is 0.444. The van der Waals surface area contributed by atoms with Crippen molar-refractivity contribution in [3.8, 4) is 0 Å². The second kappa shape index (κ2) is 3.34. The molecule has 0 aliphatic carbocycles. The van der Waals surface area contributed by atoms with E-state index in [0.29, 0.717) is 5.82 Å². The number of aryl methyl sites for hydroxylation is 2. The van der Waals surface area contributed by atoms with Crippen LogP contribution in [0.15, 0.2) is 6.07 Å². The zero-order valence-electron chi connectivity index (χ0n) is 8.07. The third-order valence-corrected chi connectivity index (χ3v) is 1.92. The first kappa shape index (κ1) is 9.08. The van der Waals surface area contributed by atoms with Gasteiger partial charge < -0.3 is 4.74 Å². The number of hydrogen-bond acceptors (Lipinski definition) is 5. The molecule has 1 aromatic heterocycles. The number of carbonyl (C=O) groups is 1. The zero-order valence-corrected chi connectivity index (χ0v) is 8.07. The summed E-state index contributed by atoms with van der Waals surface area (Å²) < 4.78 is 4.98. The van der Waals surface area contributed by atoms with E-state index >= 15 is 0 Å². The van der Waals surface area contributed by atoms with Gasteiger partial charge in [-0.15, -0.1) is 0 Å². The maximum Gasteiger partial charge on any atom is 0.321 e. The van der Waals surface area contributed by atoms with Crippen molar-refractivity contribution < 1.29 is 9.53 Å². The largest absolute Gasteiger partial charge is 0.438 e. The first-order chi connectivity index (χ1) is 6.65. The van der Waals surface area contributed by atoms with Crippen molar-refractivity contribution in [3.05, 3.63) is 23.3 Å². The summed E-state index contributed by atoms with van der Waals surface area (Å²) in [6, 6.07) is 1.88. The Kier molecular flexibility index (Phi) is 2.17. The molecule has 0 radical (unpaired) electrons. The van der Waals surface area contributed by atoms with Gasteiger partial charge in [0.1, 0.15) is 0 Å². The molecule has 2 rings (SSSR count). The summed E-state index contributed by atoms with van der Waals surface area (Å²) in [5.74, 6) is 0.256. The lowest BCUT2D eigenvalue weighted by atomic mass is 10.3. The van der Waals surface area contributed by atoms with Gasteiger partial charge in [-0.3, -0.25) is 10.1 Å². The second-order valence-corrected chi connectivity index (χ2v) is 3.26. The van der Waals surface area contributed by atoms with Gasteiger partial charge in [-0.25, -0.2) is 9.97 Å². The Balaban J connectivity index is 2.27. The molecule has 1 aliphatic rings. The molecule has 1 aromatic rings. The molecule has 0 bridgehead atoms. The van der Waals surface area contributed by atoms with Crippen LogP contribution in [-0.4, -0.2) is 22.5 Å². The topological polar surface area (TPSA) is 64.1 Å². The van der Waals surface area contributed by atoms with Gasteiger partial charge in [-0.2, -0.15) is 0 Å². The first-order valence-electron chi connectivity index (χ1n) is 4.40. The molecule has 0 spiro atoms. The van der Waals surface area contributed by atoms with E-state index in [1.165, 1.54) is 0 Å². The predicted molar refractivity (Wildman–Crippen MR) is 48.3 cm³/mol. The SMILES string of the molecule is Cc1cc(C)nc(C2NCC(=O)O2)n1. The lowest BCUT2D eigenvalue weighted by molar-refractivity contribution is -0.141. The van der Waals surface area contributed by atoms with E-state index in [0.717, 1.165) is 11.4 Å². The highest BCUT2D eigenvalue weighted by atomic mass is 16.6. The fourth-order valence-electron chi connectivity index (χ4n) is 1.41. The van der Waals surface area contributed by atoms with E-state index < -0.39 is 6.23 Å². The van der Waals surface area contributed by atoms with Crippen molar-refractivity contribution in [2.24, 2.45) is 0 Å². The Bertz CT molecular complexity index is 358. The van der Waals surface area contributed by atoms with Gasteiger partial charge in [-0.1, -0.05) is 0 Å². The molecular formula is C9H11N3O2. The summed E-state index contributed by atoms with van der Waals surface area (Å²) in [4.78, 5) is 19.3. The van der Waals surface area contributed by atoms with Crippen LogP contribution in [0.2, 0.25) is 0 Å². The van der Waals surface area contributed by atoms with Crippen LogP contribution in [0, 0.1) is 13.8 Å². The van der Waals surface area contributed by atoms with Crippen molar-refractivity contribution in [3.63, 3.8) is 0 Å². The maximum atomic E-state index is 10.9. The number of nitrogens with one attached hydrogen (secondary N) is 1. The number of carbonyl (C=O) groups excluding carboxylic acids is 1. The van der Waals surface area contributed by atoms with Crippen molar-refractivity contribution >= 4 is 5.97 Å². The van der Waals surface area contributed by atoms with E-state index in [2.05, 4.69) is 15.3 Å². The van der Waals surface area contributed by atoms with Crippen molar-refractivity contribution in [2.75, 3.05) is 6.54 Å². The van der Waals surface area contributed by atoms with Gasteiger partial charge in [0, 0.05) is 11.4 Å². The number of ether oxygens (including phenoxy) is 1. The molecule has 1 N–H and O–H groups in total. The first-order valence-corrected chi connectivity index (χ1v) is 4.40. The van der Waals surface area contributed by atoms with Crippen LogP contribution in [-0.2, 0) is 9.53 Å². The van der Waals surface area contributed by atoms with E-state index in [1.54, 1.807) is 0 Å². The Labute approximate surface area is 81.5 Å². The average Bonchev–Trinajstić information content (AvgIpc) is 2.50. The Morgan fingerprint density at radius 1 is 1.43 bits per heavy atom. The molecule has 74 valence electrons. The van der Waals surface area contributed by atoms with Crippen molar-refractivity contribution in [1.82, 2.24) is 15.3 Å². The molecule has 1 fully saturated rings. The number of hydrogen-bond donors (Lipinski definition) is 1. The summed E-state index contributed by atoms with van der Waals surface area (Å²) in [5, 5.41) is 2.88. The summed E-state index contributed by atoms with van der Waals surface area (Å²) in [5.41, 5.74) is 1.74. The van der Waals surface area contributed by atoms with Crippen LogP contribution in [0.25, 0.3) is 0 Å². The molecule has 5 heteroatoms. The van der Waals surface area contributed by atoms with Gasteiger partial charge in [0.25, 0.3) is 0 Å². The minimum Gasteiger partial charge on any atom is -0.438 e. The molecule has 2 heterocycles. The van der Waals surface area contributed by atoms with Gasteiger partial charge in [0.05, 0.1) is 6.54 Å². The van der Waals surface area contributed by atoms with Gasteiger partial charge in [-0.05, 0) is 19.9 Å². The number of nitrogens with zero attached hydrogens (tertiary/aromatic N) is 2. The Hall–Kier alpha value is -1.49.